The summed E-state index contributed by atoms with van der Waals surface area (Å²) in [6, 6.07) is 4.04. The van der Waals surface area contributed by atoms with Crippen molar-refractivity contribution in [3.8, 4) is 0 Å². The van der Waals surface area contributed by atoms with Crippen molar-refractivity contribution in [1.82, 2.24) is 14.5 Å². The second-order valence-electron chi connectivity index (χ2n) is 5.44. The SMILES string of the molecule is CSCCCCCCn1c(C(C)Cl)nc2ccc(C)nc21. The molecule has 0 spiro atoms. The van der Waals surface area contributed by atoms with Crippen molar-refractivity contribution in [3.05, 3.63) is 23.7 Å². The standard InChI is InChI=1S/C16H24ClN3S/c1-12-8-9-14-16(18-12)20(15(19-14)13(2)17)10-6-4-5-7-11-21-3/h8-9,13H,4-7,10-11H2,1-3H3. The highest BCUT2D eigenvalue weighted by molar-refractivity contribution is 7.98. The van der Waals surface area contributed by atoms with E-state index in [9.17, 15) is 0 Å². The van der Waals surface area contributed by atoms with Crippen molar-refractivity contribution >= 4 is 34.5 Å². The molecule has 21 heavy (non-hydrogen) atoms. The largest absolute Gasteiger partial charge is 0.311 e. The van der Waals surface area contributed by atoms with E-state index in [1.54, 1.807) is 0 Å². The molecule has 2 aromatic rings. The minimum absolute atomic E-state index is 0.0870. The molecule has 0 bridgehead atoms. The first-order valence-corrected chi connectivity index (χ1v) is 9.43. The van der Waals surface area contributed by atoms with Gasteiger partial charge in [0.05, 0.1) is 5.38 Å². The Hall–Kier alpha value is -0.740. The zero-order chi connectivity index (χ0) is 15.2. The fourth-order valence-electron chi connectivity index (χ4n) is 2.51. The summed E-state index contributed by atoms with van der Waals surface area (Å²) >= 11 is 8.21. The Balaban J connectivity index is 2.09. The molecule has 2 heterocycles. The van der Waals surface area contributed by atoms with Gasteiger partial charge in [-0.1, -0.05) is 12.8 Å². The van der Waals surface area contributed by atoms with Gasteiger partial charge in [0.25, 0.3) is 0 Å². The number of nitrogens with zero attached hydrogens (tertiary/aromatic N) is 3. The molecule has 0 aliphatic carbocycles. The molecule has 0 fully saturated rings. The quantitative estimate of drug-likeness (QED) is 0.507. The Kier molecular flexibility index (Phi) is 6.37. The van der Waals surface area contributed by atoms with Gasteiger partial charge in [0.1, 0.15) is 11.3 Å². The fourth-order valence-corrected chi connectivity index (χ4v) is 3.17. The highest BCUT2D eigenvalue weighted by Crippen LogP contribution is 2.24. The minimum Gasteiger partial charge on any atom is -0.311 e. The van der Waals surface area contributed by atoms with Gasteiger partial charge < -0.3 is 4.57 Å². The second-order valence-corrected chi connectivity index (χ2v) is 7.08. The van der Waals surface area contributed by atoms with Crippen LogP contribution < -0.4 is 0 Å². The van der Waals surface area contributed by atoms with Crippen molar-refractivity contribution in [2.45, 2.75) is 51.5 Å². The zero-order valence-electron chi connectivity index (χ0n) is 13.1. The molecule has 0 amide bonds. The fraction of sp³-hybridized carbons (Fsp3) is 0.625. The number of aromatic nitrogens is 3. The molecule has 0 saturated heterocycles. The van der Waals surface area contributed by atoms with E-state index in [1.807, 2.05) is 37.7 Å². The maximum Gasteiger partial charge on any atom is 0.160 e. The van der Waals surface area contributed by atoms with E-state index >= 15 is 0 Å². The lowest BCUT2D eigenvalue weighted by atomic mass is 10.2. The van der Waals surface area contributed by atoms with Gasteiger partial charge in [-0.15, -0.1) is 11.6 Å². The summed E-state index contributed by atoms with van der Waals surface area (Å²) in [5, 5.41) is -0.0870. The number of unbranched alkanes of at least 4 members (excludes halogenated alkanes) is 3. The van der Waals surface area contributed by atoms with Gasteiger partial charge in [0, 0.05) is 12.2 Å². The van der Waals surface area contributed by atoms with Gasteiger partial charge in [-0.25, -0.2) is 9.97 Å². The lowest BCUT2D eigenvalue weighted by Gasteiger charge is -2.10. The van der Waals surface area contributed by atoms with Crippen molar-refractivity contribution in [2.75, 3.05) is 12.0 Å². The van der Waals surface area contributed by atoms with Crippen LogP contribution in [-0.2, 0) is 6.54 Å². The Morgan fingerprint density at radius 2 is 1.95 bits per heavy atom. The number of halogens is 1. The molecule has 0 aliphatic heterocycles. The van der Waals surface area contributed by atoms with Crippen LogP contribution in [0.15, 0.2) is 12.1 Å². The van der Waals surface area contributed by atoms with E-state index in [0.717, 1.165) is 35.6 Å². The van der Waals surface area contributed by atoms with Crippen LogP contribution in [0, 0.1) is 6.92 Å². The first-order chi connectivity index (χ1) is 10.1. The number of pyridine rings is 1. The second kappa shape index (κ2) is 8.04. The van der Waals surface area contributed by atoms with Crippen LogP contribution in [0.25, 0.3) is 11.2 Å². The number of aryl methyl sites for hydroxylation is 2. The van der Waals surface area contributed by atoms with Gasteiger partial charge in [-0.2, -0.15) is 11.8 Å². The third-order valence-electron chi connectivity index (χ3n) is 3.60. The summed E-state index contributed by atoms with van der Waals surface area (Å²) in [7, 11) is 0. The van der Waals surface area contributed by atoms with Crippen LogP contribution in [0.2, 0.25) is 0 Å². The van der Waals surface area contributed by atoms with Crippen molar-refractivity contribution < 1.29 is 0 Å². The number of alkyl halides is 1. The van der Waals surface area contributed by atoms with Crippen LogP contribution in [0.1, 0.15) is 49.5 Å². The van der Waals surface area contributed by atoms with Crippen molar-refractivity contribution in [1.29, 1.82) is 0 Å². The number of imidazole rings is 1. The maximum absolute atomic E-state index is 6.29. The van der Waals surface area contributed by atoms with Crippen LogP contribution in [0.4, 0.5) is 0 Å². The Labute approximate surface area is 136 Å². The number of hydrogen-bond acceptors (Lipinski definition) is 3. The van der Waals surface area contributed by atoms with Gasteiger partial charge in [0.15, 0.2) is 5.65 Å². The molecular weight excluding hydrogens is 302 g/mol. The van der Waals surface area contributed by atoms with Gasteiger partial charge in [0.2, 0.25) is 0 Å². The molecule has 1 unspecified atom stereocenters. The topological polar surface area (TPSA) is 30.7 Å². The molecule has 0 radical (unpaired) electrons. The number of fused-ring (bicyclic) bond motifs is 1. The smallest absolute Gasteiger partial charge is 0.160 e. The highest BCUT2D eigenvalue weighted by Gasteiger charge is 2.15. The lowest BCUT2D eigenvalue weighted by Crippen LogP contribution is -2.06. The first-order valence-electron chi connectivity index (χ1n) is 7.60. The molecular formula is C16H24ClN3S. The summed E-state index contributed by atoms with van der Waals surface area (Å²) in [6.45, 7) is 4.95. The van der Waals surface area contributed by atoms with E-state index in [-0.39, 0.29) is 5.38 Å². The Morgan fingerprint density at radius 1 is 1.19 bits per heavy atom. The molecule has 5 heteroatoms. The van der Waals surface area contributed by atoms with E-state index in [2.05, 4.69) is 20.8 Å². The van der Waals surface area contributed by atoms with Crippen LogP contribution in [0.5, 0.6) is 0 Å². The lowest BCUT2D eigenvalue weighted by molar-refractivity contribution is 0.573. The number of rotatable bonds is 8. The van der Waals surface area contributed by atoms with E-state index in [0.29, 0.717) is 0 Å². The third kappa shape index (κ3) is 4.36. The summed E-state index contributed by atoms with van der Waals surface area (Å²) in [4.78, 5) is 9.29. The molecule has 1 atom stereocenters. The van der Waals surface area contributed by atoms with Crippen LogP contribution in [0.3, 0.4) is 0 Å². The summed E-state index contributed by atoms with van der Waals surface area (Å²) in [5.41, 5.74) is 2.95. The first kappa shape index (κ1) is 16.6. The molecule has 0 N–H and O–H groups in total. The minimum atomic E-state index is -0.0870. The molecule has 3 nitrogen and oxygen atoms in total. The molecule has 116 valence electrons. The zero-order valence-corrected chi connectivity index (χ0v) is 14.7. The Morgan fingerprint density at radius 3 is 2.67 bits per heavy atom. The van der Waals surface area contributed by atoms with Crippen LogP contribution >= 0.6 is 23.4 Å². The predicted molar refractivity (Wildman–Crippen MR) is 93.4 cm³/mol. The van der Waals surface area contributed by atoms with Crippen molar-refractivity contribution in [3.63, 3.8) is 0 Å². The van der Waals surface area contributed by atoms with Gasteiger partial charge in [-0.05, 0) is 50.8 Å². The summed E-state index contributed by atoms with van der Waals surface area (Å²) in [6.07, 6.45) is 7.18. The number of hydrogen-bond donors (Lipinski definition) is 0. The molecule has 0 aromatic carbocycles. The maximum atomic E-state index is 6.29. The highest BCUT2D eigenvalue weighted by atomic mass is 35.5. The average Bonchev–Trinajstić information content (AvgIpc) is 2.81. The normalized spacial score (nSPS) is 13.0. The molecule has 0 aliphatic rings. The Bertz CT molecular complexity index is 580. The molecule has 2 rings (SSSR count). The van der Waals surface area contributed by atoms with Gasteiger partial charge in [-0.3, -0.25) is 0 Å². The average molecular weight is 326 g/mol. The van der Waals surface area contributed by atoms with E-state index in [1.165, 1.54) is 25.0 Å². The summed E-state index contributed by atoms with van der Waals surface area (Å²) in [5.74, 6) is 2.20. The molecule has 2 aromatic heterocycles. The third-order valence-corrected chi connectivity index (χ3v) is 4.49. The molecule has 0 saturated carbocycles. The monoisotopic (exact) mass is 325 g/mol. The van der Waals surface area contributed by atoms with Gasteiger partial charge >= 0.3 is 0 Å². The number of thioether (sulfide) groups is 1. The summed E-state index contributed by atoms with van der Waals surface area (Å²) < 4.78 is 2.20. The van der Waals surface area contributed by atoms with Crippen LogP contribution in [-0.4, -0.2) is 26.5 Å². The van der Waals surface area contributed by atoms with Crippen molar-refractivity contribution in [2.24, 2.45) is 0 Å². The van der Waals surface area contributed by atoms with E-state index in [4.69, 9.17) is 11.6 Å². The van der Waals surface area contributed by atoms with E-state index < -0.39 is 0 Å². The predicted octanol–water partition coefficient (Wildman–Crippen LogP) is 4.96.